The average molecular weight is 404 g/mol. The molecule has 0 radical (unpaired) electrons. The van der Waals surface area contributed by atoms with Gasteiger partial charge < -0.3 is 18.9 Å². The number of halogens is 1. The van der Waals surface area contributed by atoms with E-state index in [9.17, 15) is 9.59 Å². The predicted octanol–water partition coefficient (Wildman–Crippen LogP) is 1.40. The molecule has 0 fully saturated rings. The monoisotopic (exact) mass is 404 g/mol. The third-order valence-corrected chi connectivity index (χ3v) is 5.41. The van der Waals surface area contributed by atoms with Gasteiger partial charge in [-0.15, -0.1) is 0 Å². The maximum Gasteiger partial charge on any atom is 0.276 e. The molecule has 1 amide bonds. The van der Waals surface area contributed by atoms with Crippen LogP contribution in [0.5, 0.6) is 5.75 Å². The van der Waals surface area contributed by atoms with Crippen LogP contribution in [-0.4, -0.2) is 42.4 Å². The summed E-state index contributed by atoms with van der Waals surface area (Å²) in [6, 6.07) is 0.0423. The SMILES string of the molecule is CCN1C(=O)c2c(OC)c(=O)c(I)c3n2C(CC3)C1OC. The van der Waals surface area contributed by atoms with Gasteiger partial charge in [0.15, 0.2) is 17.7 Å². The van der Waals surface area contributed by atoms with Crippen LogP contribution in [0.25, 0.3) is 0 Å². The molecule has 1 aromatic heterocycles. The Bertz CT molecular complexity index is 670. The van der Waals surface area contributed by atoms with Gasteiger partial charge in [0.2, 0.25) is 5.43 Å². The first kappa shape index (κ1) is 14.8. The van der Waals surface area contributed by atoms with Crippen LogP contribution in [0.3, 0.4) is 0 Å². The highest BCUT2D eigenvalue weighted by atomic mass is 127. The van der Waals surface area contributed by atoms with Crippen molar-refractivity contribution in [2.24, 2.45) is 0 Å². The Morgan fingerprint density at radius 1 is 1.33 bits per heavy atom. The van der Waals surface area contributed by atoms with Crippen LogP contribution in [-0.2, 0) is 11.2 Å². The highest BCUT2D eigenvalue weighted by Gasteiger charge is 2.45. The van der Waals surface area contributed by atoms with Crippen molar-refractivity contribution in [1.29, 1.82) is 0 Å². The minimum absolute atomic E-state index is 0.0423. The molecule has 0 aromatic carbocycles. The van der Waals surface area contributed by atoms with Crippen LogP contribution in [0, 0.1) is 3.57 Å². The summed E-state index contributed by atoms with van der Waals surface area (Å²) in [7, 11) is 3.06. The van der Waals surface area contributed by atoms with Crippen molar-refractivity contribution in [2.45, 2.75) is 32.0 Å². The molecule has 0 bridgehead atoms. The fraction of sp³-hybridized carbons (Fsp3) is 0.571. The Labute approximate surface area is 136 Å². The molecule has 3 heterocycles. The highest BCUT2D eigenvalue weighted by Crippen LogP contribution is 2.40. The summed E-state index contributed by atoms with van der Waals surface area (Å²) >= 11 is 2.05. The van der Waals surface area contributed by atoms with Gasteiger partial charge in [-0.2, -0.15) is 0 Å². The third-order valence-electron chi connectivity index (χ3n) is 4.30. The predicted molar refractivity (Wildman–Crippen MR) is 84.8 cm³/mol. The molecule has 2 aliphatic heterocycles. The number of rotatable bonds is 3. The summed E-state index contributed by atoms with van der Waals surface area (Å²) in [6.45, 7) is 2.44. The minimum atomic E-state index is -0.292. The normalized spacial score (nSPS) is 23.4. The molecule has 7 heteroatoms. The van der Waals surface area contributed by atoms with E-state index in [1.165, 1.54) is 7.11 Å². The lowest BCUT2D eigenvalue weighted by Gasteiger charge is -2.40. The van der Waals surface area contributed by atoms with Crippen molar-refractivity contribution < 1.29 is 14.3 Å². The molecule has 0 saturated carbocycles. The van der Waals surface area contributed by atoms with Crippen LogP contribution < -0.4 is 10.2 Å². The maximum atomic E-state index is 12.8. The summed E-state index contributed by atoms with van der Waals surface area (Å²) in [5, 5.41) is 0. The van der Waals surface area contributed by atoms with Crippen LogP contribution >= 0.6 is 22.6 Å². The molecule has 0 spiro atoms. The second-order valence-electron chi connectivity index (χ2n) is 5.17. The summed E-state index contributed by atoms with van der Waals surface area (Å²) < 4.78 is 13.4. The Hall–Kier alpha value is -1.09. The molecular formula is C14H17IN2O4. The number of hydrogen-bond acceptors (Lipinski definition) is 4. The molecule has 2 aliphatic rings. The number of likely N-dealkylation sites (N-methyl/N-ethyl adjacent to an activating group) is 1. The zero-order chi connectivity index (χ0) is 15.3. The number of pyridine rings is 1. The molecule has 0 N–H and O–H groups in total. The van der Waals surface area contributed by atoms with Gasteiger partial charge in [-0.3, -0.25) is 9.59 Å². The first-order chi connectivity index (χ1) is 10.1. The van der Waals surface area contributed by atoms with E-state index in [4.69, 9.17) is 9.47 Å². The van der Waals surface area contributed by atoms with Crippen LogP contribution in [0.1, 0.15) is 35.6 Å². The number of nitrogens with zero attached hydrogens (tertiary/aromatic N) is 2. The van der Waals surface area contributed by atoms with Crippen molar-refractivity contribution in [3.8, 4) is 5.75 Å². The van der Waals surface area contributed by atoms with E-state index in [2.05, 4.69) is 0 Å². The van der Waals surface area contributed by atoms with Crippen molar-refractivity contribution in [2.75, 3.05) is 20.8 Å². The molecule has 3 rings (SSSR count). The Morgan fingerprint density at radius 2 is 2.05 bits per heavy atom. The standard InChI is InChI=1S/C14H17IN2O4/c1-4-16-13(19)10-12(20-2)11(18)9(15)7-5-6-8(17(7)10)14(16)21-3/h8,14H,4-6H2,1-3H3. The smallest absolute Gasteiger partial charge is 0.276 e. The zero-order valence-electron chi connectivity index (χ0n) is 12.2. The second kappa shape index (κ2) is 5.28. The lowest BCUT2D eigenvalue weighted by molar-refractivity contribution is -0.0573. The van der Waals surface area contributed by atoms with Crippen molar-refractivity contribution >= 4 is 28.5 Å². The van der Waals surface area contributed by atoms with Gasteiger partial charge in [0, 0.05) is 19.3 Å². The molecule has 0 saturated heterocycles. The van der Waals surface area contributed by atoms with Gasteiger partial charge in [0.1, 0.15) is 0 Å². The van der Waals surface area contributed by atoms with Crippen LogP contribution in [0.15, 0.2) is 4.79 Å². The lowest BCUT2D eigenvalue weighted by atomic mass is 10.1. The number of carbonyl (C=O) groups is 1. The molecule has 2 unspecified atom stereocenters. The molecular weight excluding hydrogens is 387 g/mol. The van der Waals surface area contributed by atoms with Crippen LogP contribution in [0.4, 0.5) is 0 Å². The number of hydrogen-bond donors (Lipinski definition) is 0. The van der Waals surface area contributed by atoms with E-state index >= 15 is 0 Å². The number of ether oxygens (including phenoxy) is 2. The maximum absolute atomic E-state index is 12.8. The molecule has 2 atom stereocenters. The van der Waals surface area contributed by atoms with Gasteiger partial charge in [0.05, 0.1) is 16.7 Å². The number of methoxy groups -OCH3 is 2. The molecule has 21 heavy (non-hydrogen) atoms. The van der Waals surface area contributed by atoms with E-state index in [1.807, 2.05) is 34.1 Å². The molecule has 114 valence electrons. The van der Waals surface area contributed by atoms with Gasteiger partial charge in [-0.05, 0) is 42.4 Å². The fourth-order valence-corrected chi connectivity index (χ4v) is 4.20. The Morgan fingerprint density at radius 3 is 2.62 bits per heavy atom. The lowest BCUT2D eigenvalue weighted by Crippen LogP contribution is -2.51. The number of aromatic nitrogens is 1. The molecule has 0 aliphatic carbocycles. The van der Waals surface area contributed by atoms with Crippen molar-refractivity contribution in [3.05, 3.63) is 25.2 Å². The quantitative estimate of drug-likeness (QED) is 0.715. The van der Waals surface area contributed by atoms with Crippen molar-refractivity contribution in [1.82, 2.24) is 9.47 Å². The van der Waals surface area contributed by atoms with Crippen molar-refractivity contribution in [3.63, 3.8) is 0 Å². The molecule has 6 nitrogen and oxygen atoms in total. The first-order valence-corrected chi connectivity index (χ1v) is 7.99. The largest absolute Gasteiger partial charge is 0.491 e. The van der Waals surface area contributed by atoms with Gasteiger partial charge in [-0.1, -0.05) is 0 Å². The third kappa shape index (κ3) is 1.86. The fourth-order valence-electron chi connectivity index (χ4n) is 3.43. The van der Waals surface area contributed by atoms with Gasteiger partial charge in [-0.25, -0.2) is 0 Å². The van der Waals surface area contributed by atoms with E-state index in [0.717, 1.165) is 18.5 Å². The summed E-state index contributed by atoms with van der Waals surface area (Å²) in [5.41, 5.74) is 1.10. The summed E-state index contributed by atoms with van der Waals surface area (Å²) in [4.78, 5) is 26.9. The Kier molecular flexibility index (Phi) is 3.73. The first-order valence-electron chi connectivity index (χ1n) is 6.91. The highest BCUT2D eigenvalue weighted by molar-refractivity contribution is 14.1. The Balaban J connectivity index is 2.35. The van der Waals surface area contributed by atoms with E-state index in [-0.39, 0.29) is 29.4 Å². The second-order valence-corrected chi connectivity index (χ2v) is 6.24. The topological polar surface area (TPSA) is 60.8 Å². The van der Waals surface area contributed by atoms with E-state index < -0.39 is 0 Å². The van der Waals surface area contributed by atoms with E-state index in [1.54, 1.807) is 12.0 Å². The summed E-state index contributed by atoms with van der Waals surface area (Å²) in [6.07, 6.45) is 1.34. The summed E-state index contributed by atoms with van der Waals surface area (Å²) in [5.74, 6) is -0.0536. The van der Waals surface area contributed by atoms with Gasteiger partial charge >= 0.3 is 0 Å². The zero-order valence-corrected chi connectivity index (χ0v) is 14.3. The van der Waals surface area contributed by atoms with Gasteiger partial charge in [0.25, 0.3) is 5.91 Å². The number of amides is 1. The number of carbonyl (C=O) groups excluding carboxylic acids is 1. The average Bonchev–Trinajstić information content (AvgIpc) is 2.91. The molecule has 1 aromatic rings. The van der Waals surface area contributed by atoms with E-state index in [0.29, 0.717) is 15.8 Å². The van der Waals surface area contributed by atoms with Crippen LogP contribution in [0.2, 0.25) is 0 Å². The minimum Gasteiger partial charge on any atom is -0.491 e.